The summed E-state index contributed by atoms with van der Waals surface area (Å²) in [6, 6.07) is 4.47. The maximum absolute atomic E-state index is 10.8. The number of hydrogen-bond acceptors (Lipinski definition) is 6. The second-order valence-corrected chi connectivity index (χ2v) is 5.60. The number of aryl methyl sites for hydroxylation is 1. The summed E-state index contributed by atoms with van der Waals surface area (Å²) in [7, 11) is 0. The van der Waals surface area contributed by atoms with Crippen LogP contribution in [0.15, 0.2) is 24.4 Å². The summed E-state index contributed by atoms with van der Waals surface area (Å²) < 4.78 is 0. The van der Waals surface area contributed by atoms with Crippen molar-refractivity contribution >= 4 is 28.4 Å². The van der Waals surface area contributed by atoms with Crippen LogP contribution in [0.25, 0.3) is 0 Å². The number of nitrogens with one attached hydrogen (secondary N) is 1. The van der Waals surface area contributed by atoms with Crippen LogP contribution in [0.4, 0.5) is 17.1 Å². The number of aromatic nitrogens is 1. The molecule has 0 spiro atoms. The Hall–Kier alpha value is -2.15. The van der Waals surface area contributed by atoms with E-state index in [0.29, 0.717) is 11.4 Å². The first-order valence-corrected chi connectivity index (χ1v) is 7.07. The molecule has 1 unspecified atom stereocenters. The van der Waals surface area contributed by atoms with Crippen LogP contribution < -0.4 is 11.1 Å². The van der Waals surface area contributed by atoms with Gasteiger partial charge in [-0.2, -0.15) is 0 Å². The van der Waals surface area contributed by atoms with E-state index in [4.69, 9.17) is 5.73 Å². The van der Waals surface area contributed by atoms with Crippen LogP contribution in [0, 0.1) is 10.1 Å². The Bertz CT molecular complexity index is 627. The fourth-order valence-electron chi connectivity index (χ4n) is 1.82. The van der Waals surface area contributed by atoms with Crippen LogP contribution in [-0.4, -0.2) is 9.91 Å². The summed E-state index contributed by atoms with van der Waals surface area (Å²) in [4.78, 5) is 15.9. The topological polar surface area (TPSA) is 94.1 Å². The van der Waals surface area contributed by atoms with Gasteiger partial charge >= 0.3 is 0 Å². The lowest BCUT2D eigenvalue weighted by molar-refractivity contribution is -0.384. The Kier molecular flexibility index (Phi) is 4.19. The minimum atomic E-state index is -0.454. The minimum absolute atomic E-state index is 0.0203. The van der Waals surface area contributed by atoms with E-state index in [0.717, 1.165) is 11.4 Å². The summed E-state index contributed by atoms with van der Waals surface area (Å²) in [6.45, 7) is 4.05. The number of rotatable bonds is 5. The van der Waals surface area contributed by atoms with Gasteiger partial charge in [-0.15, -0.1) is 11.3 Å². The molecule has 0 amide bonds. The number of non-ortho nitro benzene ring substituents is 1. The molecule has 6 nitrogen and oxygen atoms in total. The van der Waals surface area contributed by atoms with E-state index in [1.165, 1.54) is 17.0 Å². The SMILES string of the molecule is CCc1cnc(C(C)Nc2cc(N)cc([N+](=O)[O-])c2)s1. The molecule has 0 aliphatic carbocycles. The minimum Gasteiger partial charge on any atom is -0.398 e. The molecular formula is C13H16N4O2S. The smallest absolute Gasteiger partial charge is 0.273 e. The third-order valence-corrected chi connectivity index (χ3v) is 4.15. The van der Waals surface area contributed by atoms with Crippen LogP contribution in [-0.2, 0) is 6.42 Å². The number of nitrogen functional groups attached to an aromatic ring is 1. The summed E-state index contributed by atoms with van der Waals surface area (Å²) in [5.74, 6) is 0. The maximum atomic E-state index is 10.8. The lowest BCUT2D eigenvalue weighted by Gasteiger charge is -2.13. The first-order chi connectivity index (χ1) is 9.49. The molecule has 1 atom stereocenters. The van der Waals surface area contributed by atoms with Crippen LogP contribution in [0.1, 0.15) is 29.8 Å². The fraction of sp³-hybridized carbons (Fsp3) is 0.308. The van der Waals surface area contributed by atoms with Gasteiger partial charge in [0.25, 0.3) is 5.69 Å². The van der Waals surface area contributed by atoms with Crippen LogP contribution in [0.2, 0.25) is 0 Å². The number of nitrogens with zero attached hydrogens (tertiary/aromatic N) is 2. The van der Waals surface area contributed by atoms with Gasteiger partial charge in [0.15, 0.2) is 0 Å². The Morgan fingerprint density at radius 3 is 2.85 bits per heavy atom. The molecule has 106 valence electrons. The first kappa shape index (κ1) is 14.3. The van der Waals surface area contributed by atoms with Crippen molar-refractivity contribution < 1.29 is 4.92 Å². The van der Waals surface area contributed by atoms with Gasteiger partial charge in [0.05, 0.1) is 11.0 Å². The van der Waals surface area contributed by atoms with Gasteiger partial charge in [-0.3, -0.25) is 10.1 Å². The number of nitro benzene ring substituents is 1. The van der Waals surface area contributed by atoms with Crippen molar-refractivity contribution in [3.8, 4) is 0 Å². The molecule has 0 saturated carbocycles. The number of thiazole rings is 1. The van der Waals surface area contributed by atoms with E-state index >= 15 is 0 Å². The van der Waals surface area contributed by atoms with E-state index in [2.05, 4.69) is 17.2 Å². The van der Waals surface area contributed by atoms with E-state index < -0.39 is 4.92 Å². The highest BCUT2D eigenvalue weighted by Gasteiger charge is 2.13. The van der Waals surface area contributed by atoms with Crippen LogP contribution >= 0.6 is 11.3 Å². The van der Waals surface area contributed by atoms with Gasteiger partial charge in [0.2, 0.25) is 0 Å². The molecule has 1 heterocycles. The number of hydrogen-bond donors (Lipinski definition) is 2. The highest BCUT2D eigenvalue weighted by molar-refractivity contribution is 7.11. The molecule has 0 bridgehead atoms. The van der Waals surface area contributed by atoms with Crippen molar-refractivity contribution in [1.29, 1.82) is 0 Å². The Morgan fingerprint density at radius 1 is 1.50 bits per heavy atom. The van der Waals surface area contributed by atoms with Crippen molar-refractivity contribution in [3.63, 3.8) is 0 Å². The predicted octanol–water partition coefficient (Wildman–Crippen LogP) is 3.37. The van der Waals surface area contributed by atoms with E-state index in [9.17, 15) is 10.1 Å². The molecule has 0 saturated heterocycles. The second kappa shape index (κ2) is 5.87. The zero-order valence-corrected chi connectivity index (χ0v) is 12.1. The zero-order chi connectivity index (χ0) is 14.7. The highest BCUT2D eigenvalue weighted by Crippen LogP contribution is 2.27. The lowest BCUT2D eigenvalue weighted by atomic mass is 10.2. The van der Waals surface area contributed by atoms with Gasteiger partial charge in [-0.1, -0.05) is 6.92 Å². The quantitative estimate of drug-likeness (QED) is 0.500. The maximum Gasteiger partial charge on any atom is 0.273 e. The molecule has 0 fully saturated rings. The Morgan fingerprint density at radius 2 is 2.25 bits per heavy atom. The standard InChI is InChI=1S/C13H16N4O2S/c1-3-12-7-15-13(20-12)8(2)16-10-4-9(14)5-11(6-10)17(18)19/h4-8,16H,3,14H2,1-2H3. The predicted molar refractivity (Wildman–Crippen MR) is 81.0 cm³/mol. The third kappa shape index (κ3) is 3.24. The molecule has 0 aliphatic rings. The molecule has 1 aromatic carbocycles. The van der Waals surface area contributed by atoms with E-state index in [1.54, 1.807) is 17.4 Å². The second-order valence-electron chi connectivity index (χ2n) is 4.45. The average molecular weight is 292 g/mol. The molecule has 1 aromatic heterocycles. The number of anilines is 2. The summed E-state index contributed by atoms with van der Waals surface area (Å²) in [5.41, 5.74) is 6.65. The van der Waals surface area contributed by atoms with Crippen LogP contribution in [0.3, 0.4) is 0 Å². The highest BCUT2D eigenvalue weighted by atomic mass is 32.1. The molecule has 3 N–H and O–H groups in total. The van der Waals surface area contributed by atoms with Gasteiger partial charge in [-0.05, 0) is 19.4 Å². The third-order valence-electron chi connectivity index (χ3n) is 2.82. The largest absolute Gasteiger partial charge is 0.398 e. The monoisotopic (exact) mass is 292 g/mol. The molecule has 0 radical (unpaired) electrons. The normalized spacial score (nSPS) is 12.1. The van der Waals surface area contributed by atoms with Crippen LogP contribution in [0.5, 0.6) is 0 Å². The molecule has 2 rings (SSSR count). The van der Waals surface area contributed by atoms with Crippen molar-refractivity contribution in [2.24, 2.45) is 0 Å². The number of benzene rings is 1. The van der Waals surface area contributed by atoms with Gasteiger partial charge < -0.3 is 11.1 Å². The van der Waals surface area contributed by atoms with Gasteiger partial charge in [-0.25, -0.2) is 4.98 Å². The average Bonchev–Trinajstić information content (AvgIpc) is 2.86. The van der Waals surface area contributed by atoms with Gasteiger partial charge in [0.1, 0.15) is 5.01 Å². The van der Waals surface area contributed by atoms with Crippen molar-refractivity contribution in [2.45, 2.75) is 26.3 Å². The molecular weight excluding hydrogens is 276 g/mol. The Labute approximate surface area is 120 Å². The number of nitro groups is 1. The van der Waals surface area contributed by atoms with Crippen molar-refractivity contribution in [1.82, 2.24) is 4.98 Å². The molecule has 2 aromatic rings. The van der Waals surface area contributed by atoms with E-state index in [-0.39, 0.29) is 11.7 Å². The van der Waals surface area contributed by atoms with Gasteiger partial charge in [0, 0.05) is 34.6 Å². The number of nitrogens with two attached hydrogens (primary N) is 1. The fourth-order valence-corrected chi connectivity index (χ4v) is 2.68. The Balaban J connectivity index is 2.18. The van der Waals surface area contributed by atoms with Crippen molar-refractivity contribution in [2.75, 3.05) is 11.1 Å². The molecule has 7 heteroatoms. The molecule has 20 heavy (non-hydrogen) atoms. The first-order valence-electron chi connectivity index (χ1n) is 6.25. The zero-order valence-electron chi connectivity index (χ0n) is 11.3. The molecule has 0 aliphatic heterocycles. The van der Waals surface area contributed by atoms with Crippen molar-refractivity contribution in [3.05, 3.63) is 44.4 Å². The summed E-state index contributed by atoms with van der Waals surface area (Å²) >= 11 is 1.64. The summed E-state index contributed by atoms with van der Waals surface area (Å²) in [6.07, 6.45) is 2.81. The van der Waals surface area contributed by atoms with E-state index in [1.807, 2.05) is 13.1 Å². The summed E-state index contributed by atoms with van der Waals surface area (Å²) in [5, 5.41) is 15.0. The lowest BCUT2D eigenvalue weighted by Crippen LogP contribution is -2.07.